The first kappa shape index (κ1) is 22.8. The van der Waals surface area contributed by atoms with E-state index in [0.29, 0.717) is 18.1 Å². The van der Waals surface area contributed by atoms with Crippen LogP contribution in [-0.4, -0.2) is 45.3 Å². The molecule has 1 saturated heterocycles. The molecule has 1 amide bonds. The number of aromatic nitrogens is 4. The number of nitrogens with one attached hydrogen (secondary N) is 2. The van der Waals surface area contributed by atoms with Gasteiger partial charge in [0.2, 0.25) is 5.95 Å². The molecule has 10 nitrogen and oxygen atoms in total. The molecule has 35 heavy (non-hydrogen) atoms. The van der Waals surface area contributed by atoms with Gasteiger partial charge in [0, 0.05) is 30.5 Å². The van der Waals surface area contributed by atoms with Gasteiger partial charge in [-0.1, -0.05) is 0 Å². The molecule has 4 aromatic rings. The van der Waals surface area contributed by atoms with Gasteiger partial charge in [-0.2, -0.15) is 0 Å². The zero-order valence-electron chi connectivity index (χ0n) is 19.5. The molecule has 180 valence electrons. The first-order chi connectivity index (χ1) is 17.1. The van der Waals surface area contributed by atoms with Crippen LogP contribution in [-0.2, 0) is 9.57 Å². The highest BCUT2D eigenvalue weighted by atomic mass is 16.8. The second kappa shape index (κ2) is 10.1. The summed E-state index contributed by atoms with van der Waals surface area (Å²) in [6.07, 6.45) is 5.99. The summed E-state index contributed by atoms with van der Waals surface area (Å²) in [5.74, 6) is 0.821. The Balaban J connectivity index is 1.29. The monoisotopic (exact) mass is 474 g/mol. The molecule has 0 aliphatic carbocycles. The second-order valence-electron chi connectivity index (χ2n) is 8.16. The quantitative estimate of drug-likeness (QED) is 0.386. The number of methoxy groups -OCH3 is 1. The fourth-order valence-corrected chi connectivity index (χ4v) is 3.94. The number of ether oxygens (including phenoxy) is 2. The normalized spacial score (nSPS) is 15.7. The molecule has 1 fully saturated rings. The van der Waals surface area contributed by atoms with Crippen LogP contribution in [0.25, 0.3) is 17.0 Å². The fourth-order valence-electron chi connectivity index (χ4n) is 3.94. The summed E-state index contributed by atoms with van der Waals surface area (Å²) >= 11 is 0. The smallest absolute Gasteiger partial charge is 0.274 e. The van der Waals surface area contributed by atoms with E-state index in [0.717, 1.165) is 53.4 Å². The predicted molar refractivity (Wildman–Crippen MR) is 129 cm³/mol. The molecular formula is C25H26N6O4. The third kappa shape index (κ3) is 5.08. The number of imidazole rings is 1. The van der Waals surface area contributed by atoms with Gasteiger partial charge in [0.15, 0.2) is 6.29 Å². The maximum Gasteiger partial charge on any atom is 0.274 e. The van der Waals surface area contributed by atoms with Crippen molar-refractivity contribution in [3.8, 4) is 17.1 Å². The zero-order chi connectivity index (χ0) is 24.2. The van der Waals surface area contributed by atoms with E-state index in [1.54, 1.807) is 37.6 Å². The second-order valence-corrected chi connectivity index (χ2v) is 8.16. The highest BCUT2D eigenvalue weighted by Gasteiger charge is 2.17. The summed E-state index contributed by atoms with van der Waals surface area (Å²) in [5.41, 5.74) is 6.91. The van der Waals surface area contributed by atoms with Gasteiger partial charge in [0.05, 0.1) is 30.4 Å². The number of hydrogen-bond acceptors (Lipinski definition) is 8. The van der Waals surface area contributed by atoms with Crippen molar-refractivity contribution in [3.05, 3.63) is 66.1 Å². The molecule has 0 saturated carbocycles. The lowest BCUT2D eigenvalue weighted by molar-refractivity contribution is -0.186. The third-order valence-electron chi connectivity index (χ3n) is 5.72. The molecule has 5 rings (SSSR count). The van der Waals surface area contributed by atoms with Gasteiger partial charge in [-0.3, -0.25) is 9.20 Å². The van der Waals surface area contributed by atoms with Gasteiger partial charge in [-0.15, -0.1) is 0 Å². The molecule has 10 heteroatoms. The molecular weight excluding hydrogens is 448 g/mol. The molecule has 3 aromatic heterocycles. The number of fused-ring (bicyclic) bond motifs is 1. The minimum atomic E-state index is -0.393. The van der Waals surface area contributed by atoms with Gasteiger partial charge < -0.3 is 14.8 Å². The van der Waals surface area contributed by atoms with Crippen LogP contribution < -0.4 is 15.5 Å². The lowest BCUT2D eigenvalue weighted by Gasteiger charge is -2.22. The van der Waals surface area contributed by atoms with Crippen molar-refractivity contribution in [2.45, 2.75) is 32.5 Å². The minimum Gasteiger partial charge on any atom is -0.495 e. The number of nitrogens with zero attached hydrogens (tertiary/aromatic N) is 4. The molecule has 0 spiro atoms. The number of carbonyl (C=O) groups excluding carboxylic acids is 1. The van der Waals surface area contributed by atoms with Crippen LogP contribution in [0.5, 0.6) is 5.75 Å². The van der Waals surface area contributed by atoms with E-state index in [2.05, 4.69) is 25.7 Å². The lowest BCUT2D eigenvalue weighted by Crippen LogP contribution is -2.33. The summed E-state index contributed by atoms with van der Waals surface area (Å²) in [7, 11) is 1.63. The number of benzene rings is 1. The Labute approximate surface area is 202 Å². The maximum atomic E-state index is 12.4. The number of hydrogen-bond donors (Lipinski definition) is 2. The lowest BCUT2D eigenvalue weighted by atomic mass is 10.2. The Morgan fingerprint density at radius 3 is 2.74 bits per heavy atom. The molecule has 1 unspecified atom stereocenters. The SMILES string of the molecule is COc1ccc2nc(C)c(-c3ccnc(Nc4ccc(C(=O)NOC5CCCCO5)cc4)n3)n2c1. The third-order valence-corrected chi connectivity index (χ3v) is 5.72. The highest BCUT2D eigenvalue weighted by Crippen LogP contribution is 2.26. The van der Waals surface area contributed by atoms with Crippen molar-refractivity contribution >= 4 is 23.2 Å². The highest BCUT2D eigenvalue weighted by molar-refractivity contribution is 5.93. The van der Waals surface area contributed by atoms with Gasteiger partial charge in [-0.05, 0) is 62.2 Å². The standard InChI is InChI=1S/C25H26N6O4/c1-16-23(31-15-19(33-2)10-11-21(31)27-16)20-12-13-26-25(29-20)28-18-8-6-17(7-9-18)24(32)30-35-22-5-3-4-14-34-22/h6-13,15,22H,3-5,14H2,1-2H3,(H,30,32)(H,26,28,29). The Kier molecular flexibility index (Phi) is 6.55. The van der Waals surface area contributed by atoms with E-state index in [-0.39, 0.29) is 5.91 Å². The summed E-state index contributed by atoms with van der Waals surface area (Å²) in [4.78, 5) is 31.4. The van der Waals surface area contributed by atoms with Crippen LogP contribution in [0.15, 0.2) is 54.9 Å². The first-order valence-corrected chi connectivity index (χ1v) is 11.4. The molecule has 4 heterocycles. The Hall–Kier alpha value is -4.02. The average Bonchev–Trinajstić information content (AvgIpc) is 3.23. The number of carbonyl (C=O) groups is 1. The summed E-state index contributed by atoms with van der Waals surface area (Å²) in [6, 6.07) is 12.6. The Morgan fingerprint density at radius 2 is 1.97 bits per heavy atom. The van der Waals surface area contributed by atoms with E-state index in [4.69, 9.17) is 14.3 Å². The number of amides is 1. The van der Waals surface area contributed by atoms with E-state index in [9.17, 15) is 4.79 Å². The van der Waals surface area contributed by atoms with Crippen LogP contribution in [0.2, 0.25) is 0 Å². The largest absolute Gasteiger partial charge is 0.495 e. The van der Waals surface area contributed by atoms with Crippen LogP contribution in [0, 0.1) is 6.92 Å². The number of rotatable bonds is 7. The molecule has 0 radical (unpaired) electrons. The molecule has 0 bridgehead atoms. The van der Waals surface area contributed by atoms with Crippen LogP contribution in [0.3, 0.4) is 0 Å². The van der Waals surface area contributed by atoms with Crippen LogP contribution in [0.1, 0.15) is 35.3 Å². The number of hydroxylamine groups is 1. The van der Waals surface area contributed by atoms with Crippen molar-refractivity contribution < 1.29 is 19.1 Å². The van der Waals surface area contributed by atoms with Gasteiger partial charge in [0.1, 0.15) is 11.4 Å². The van der Waals surface area contributed by atoms with E-state index in [1.165, 1.54) is 0 Å². The average molecular weight is 475 g/mol. The molecule has 2 N–H and O–H groups in total. The van der Waals surface area contributed by atoms with Crippen molar-refractivity contribution in [1.82, 2.24) is 24.8 Å². The molecule has 1 aliphatic rings. The van der Waals surface area contributed by atoms with Gasteiger partial charge >= 0.3 is 0 Å². The van der Waals surface area contributed by atoms with Gasteiger partial charge in [0.25, 0.3) is 5.91 Å². The Bertz CT molecular complexity index is 1330. The van der Waals surface area contributed by atoms with E-state index in [1.807, 2.05) is 35.7 Å². The molecule has 1 atom stereocenters. The molecule has 1 aliphatic heterocycles. The zero-order valence-corrected chi connectivity index (χ0v) is 19.5. The van der Waals surface area contributed by atoms with Gasteiger partial charge in [-0.25, -0.2) is 25.3 Å². The van der Waals surface area contributed by atoms with Crippen LogP contribution in [0.4, 0.5) is 11.6 Å². The summed E-state index contributed by atoms with van der Waals surface area (Å²) < 4.78 is 12.8. The summed E-state index contributed by atoms with van der Waals surface area (Å²) in [5, 5.41) is 3.19. The van der Waals surface area contributed by atoms with Crippen LogP contribution >= 0.6 is 0 Å². The number of anilines is 2. The summed E-state index contributed by atoms with van der Waals surface area (Å²) in [6.45, 7) is 2.59. The Morgan fingerprint density at radius 1 is 1.11 bits per heavy atom. The van der Waals surface area contributed by atoms with E-state index >= 15 is 0 Å². The van der Waals surface area contributed by atoms with E-state index < -0.39 is 6.29 Å². The first-order valence-electron chi connectivity index (χ1n) is 11.4. The van der Waals surface area contributed by atoms with Crippen molar-refractivity contribution in [2.75, 3.05) is 19.0 Å². The van der Waals surface area contributed by atoms with Crippen molar-refractivity contribution in [1.29, 1.82) is 0 Å². The predicted octanol–water partition coefficient (Wildman–Crippen LogP) is 4.04. The maximum absolute atomic E-state index is 12.4. The van der Waals surface area contributed by atoms with Crippen molar-refractivity contribution in [2.24, 2.45) is 0 Å². The number of pyridine rings is 1. The number of aryl methyl sites for hydroxylation is 1. The van der Waals surface area contributed by atoms with Crippen molar-refractivity contribution in [3.63, 3.8) is 0 Å². The topological polar surface area (TPSA) is 112 Å². The molecule has 1 aromatic carbocycles. The fraction of sp³-hybridized carbons (Fsp3) is 0.280. The minimum absolute atomic E-state index is 0.331.